The highest BCUT2D eigenvalue weighted by atomic mass is 16.5. The lowest BCUT2D eigenvalue weighted by Crippen LogP contribution is -2.12. The maximum absolute atomic E-state index is 10.4. The number of hydrogen-bond donors (Lipinski definition) is 1. The Hall–Kier alpha value is -0.830. The smallest absolute Gasteiger partial charge is 0.330 e. The van der Waals surface area contributed by atoms with Gasteiger partial charge in [0.2, 0.25) is 0 Å². The maximum Gasteiger partial charge on any atom is 0.330 e. The van der Waals surface area contributed by atoms with Crippen molar-refractivity contribution in [1.82, 2.24) is 5.32 Å². The molecule has 0 aliphatic rings. The van der Waals surface area contributed by atoms with Gasteiger partial charge in [-0.25, -0.2) is 4.79 Å². The van der Waals surface area contributed by atoms with Crippen LogP contribution in [0.25, 0.3) is 0 Å². The summed E-state index contributed by atoms with van der Waals surface area (Å²) in [5.41, 5.74) is 0. The number of methoxy groups -OCH3 is 1. The third kappa shape index (κ3) is 5.31. The van der Waals surface area contributed by atoms with Crippen molar-refractivity contribution in [2.24, 2.45) is 0 Å². The van der Waals surface area contributed by atoms with Gasteiger partial charge >= 0.3 is 5.97 Å². The predicted octanol–water partition coefficient (Wildman–Crippen LogP) is 0.325. The Morgan fingerprint density at radius 3 is 2.90 bits per heavy atom. The summed E-state index contributed by atoms with van der Waals surface area (Å²) in [7, 11) is 1.36. The van der Waals surface area contributed by atoms with E-state index in [9.17, 15) is 4.79 Å². The number of hydrogen-bond acceptors (Lipinski definition) is 3. The van der Waals surface area contributed by atoms with Gasteiger partial charge in [-0.15, -0.1) is 0 Å². The van der Waals surface area contributed by atoms with E-state index in [2.05, 4.69) is 10.1 Å². The molecular weight excluding hydrogens is 130 g/mol. The normalized spacial score (nSPS) is 10.2. The Kier molecular flexibility index (Phi) is 5.77. The van der Waals surface area contributed by atoms with E-state index in [1.165, 1.54) is 13.2 Å². The van der Waals surface area contributed by atoms with Crippen molar-refractivity contribution in [2.75, 3.05) is 20.2 Å². The molecule has 1 N–H and O–H groups in total. The minimum Gasteiger partial charge on any atom is -0.466 e. The lowest BCUT2D eigenvalue weighted by atomic mass is 10.5. The molecule has 58 valence electrons. The molecule has 0 amide bonds. The molecular formula is C7H13NO2. The monoisotopic (exact) mass is 143 g/mol. The Morgan fingerprint density at radius 1 is 1.70 bits per heavy atom. The van der Waals surface area contributed by atoms with Gasteiger partial charge in [-0.3, -0.25) is 0 Å². The van der Waals surface area contributed by atoms with Crippen LogP contribution < -0.4 is 5.32 Å². The summed E-state index contributed by atoms with van der Waals surface area (Å²) in [6.07, 6.45) is 3.14. The maximum atomic E-state index is 10.4. The van der Waals surface area contributed by atoms with Gasteiger partial charge in [0.1, 0.15) is 0 Å². The zero-order valence-corrected chi connectivity index (χ0v) is 6.39. The van der Waals surface area contributed by atoms with E-state index in [4.69, 9.17) is 0 Å². The molecule has 0 atom stereocenters. The van der Waals surface area contributed by atoms with E-state index in [0.29, 0.717) is 6.54 Å². The van der Waals surface area contributed by atoms with Crippen LogP contribution in [0.4, 0.5) is 0 Å². The molecule has 0 aromatic rings. The molecule has 0 bridgehead atoms. The number of likely N-dealkylation sites (N-methyl/N-ethyl adjacent to an activating group) is 1. The number of carbonyl (C=O) groups is 1. The number of ether oxygens (including phenoxy) is 1. The number of esters is 1. The second-order valence-corrected chi connectivity index (χ2v) is 1.73. The SMILES string of the molecule is CCNCC=CC(=O)OC. The topological polar surface area (TPSA) is 38.3 Å². The van der Waals surface area contributed by atoms with Gasteiger partial charge in [-0.1, -0.05) is 13.0 Å². The minimum absolute atomic E-state index is 0.307. The molecule has 0 heterocycles. The summed E-state index contributed by atoms with van der Waals surface area (Å²) in [5, 5.41) is 3.03. The fourth-order valence-corrected chi connectivity index (χ4v) is 0.451. The molecule has 3 nitrogen and oxygen atoms in total. The summed E-state index contributed by atoms with van der Waals surface area (Å²) < 4.78 is 4.38. The molecule has 0 radical (unpaired) electrons. The largest absolute Gasteiger partial charge is 0.466 e. The zero-order chi connectivity index (χ0) is 7.82. The third-order valence-electron chi connectivity index (χ3n) is 0.967. The van der Waals surface area contributed by atoms with Crippen LogP contribution in [0.5, 0.6) is 0 Å². The van der Waals surface area contributed by atoms with Crippen LogP contribution in [0.15, 0.2) is 12.2 Å². The fraction of sp³-hybridized carbons (Fsp3) is 0.571. The van der Waals surface area contributed by atoms with Crippen LogP contribution in [0.3, 0.4) is 0 Å². The first kappa shape index (κ1) is 9.17. The van der Waals surface area contributed by atoms with Crippen LogP contribution in [0, 0.1) is 0 Å². The molecule has 0 saturated carbocycles. The molecule has 0 rings (SSSR count). The summed E-state index contributed by atoms with van der Waals surface area (Å²) in [6.45, 7) is 3.63. The van der Waals surface area contributed by atoms with E-state index < -0.39 is 0 Å². The van der Waals surface area contributed by atoms with E-state index in [0.717, 1.165) is 6.54 Å². The van der Waals surface area contributed by atoms with Crippen LogP contribution in [0.2, 0.25) is 0 Å². The van der Waals surface area contributed by atoms with Gasteiger partial charge in [0.15, 0.2) is 0 Å². The standard InChI is InChI=1S/C7H13NO2/c1-3-8-6-4-5-7(9)10-2/h4-5,8H,3,6H2,1-2H3. The molecule has 0 aromatic carbocycles. The van der Waals surface area contributed by atoms with Crippen LogP contribution in [0.1, 0.15) is 6.92 Å². The highest BCUT2D eigenvalue weighted by Crippen LogP contribution is 1.75. The molecule has 0 aliphatic heterocycles. The predicted molar refractivity (Wildman–Crippen MR) is 39.7 cm³/mol. The molecule has 3 heteroatoms. The average molecular weight is 143 g/mol. The molecule has 0 aromatic heterocycles. The first-order valence-corrected chi connectivity index (χ1v) is 3.26. The second kappa shape index (κ2) is 6.29. The first-order chi connectivity index (χ1) is 4.81. The van der Waals surface area contributed by atoms with Gasteiger partial charge in [0.05, 0.1) is 7.11 Å². The number of rotatable bonds is 4. The summed E-state index contributed by atoms with van der Waals surface area (Å²) >= 11 is 0. The Labute approximate surface area is 61.1 Å². The Bertz CT molecular complexity index is 121. The van der Waals surface area contributed by atoms with E-state index in [1.807, 2.05) is 6.92 Å². The zero-order valence-electron chi connectivity index (χ0n) is 6.39. The van der Waals surface area contributed by atoms with Gasteiger partial charge in [-0.05, 0) is 6.54 Å². The summed E-state index contributed by atoms with van der Waals surface area (Å²) in [4.78, 5) is 10.4. The quantitative estimate of drug-likeness (QED) is 0.350. The molecule has 0 saturated heterocycles. The summed E-state index contributed by atoms with van der Waals surface area (Å²) in [5.74, 6) is -0.307. The van der Waals surface area contributed by atoms with E-state index >= 15 is 0 Å². The molecule has 0 aliphatic carbocycles. The average Bonchev–Trinajstić information content (AvgIpc) is 1.98. The lowest BCUT2D eigenvalue weighted by Gasteiger charge is -1.92. The van der Waals surface area contributed by atoms with Gasteiger partial charge in [-0.2, -0.15) is 0 Å². The first-order valence-electron chi connectivity index (χ1n) is 3.26. The van der Waals surface area contributed by atoms with E-state index in [-0.39, 0.29) is 5.97 Å². The fourth-order valence-electron chi connectivity index (χ4n) is 0.451. The van der Waals surface area contributed by atoms with Gasteiger partial charge < -0.3 is 10.1 Å². The minimum atomic E-state index is -0.307. The molecule has 10 heavy (non-hydrogen) atoms. The number of carbonyl (C=O) groups excluding carboxylic acids is 1. The van der Waals surface area contributed by atoms with E-state index in [1.54, 1.807) is 6.08 Å². The van der Waals surface area contributed by atoms with Crippen molar-refractivity contribution in [3.05, 3.63) is 12.2 Å². The van der Waals surface area contributed by atoms with Crippen LogP contribution in [-0.4, -0.2) is 26.2 Å². The highest BCUT2D eigenvalue weighted by molar-refractivity contribution is 5.81. The molecule has 0 unspecified atom stereocenters. The van der Waals surface area contributed by atoms with Gasteiger partial charge in [0.25, 0.3) is 0 Å². The molecule has 0 spiro atoms. The lowest BCUT2D eigenvalue weighted by molar-refractivity contribution is -0.134. The Balaban J connectivity index is 3.27. The van der Waals surface area contributed by atoms with Crippen LogP contribution >= 0.6 is 0 Å². The van der Waals surface area contributed by atoms with Gasteiger partial charge in [0, 0.05) is 12.6 Å². The van der Waals surface area contributed by atoms with Crippen molar-refractivity contribution in [3.8, 4) is 0 Å². The second-order valence-electron chi connectivity index (χ2n) is 1.73. The Morgan fingerprint density at radius 2 is 2.40 bits per heavy atom. The van der Waals surface area contributed by atoms with Crippen molar-refractivity contribution in [2.45, 2.75) is 6.92 Å². The summed E-state index contributed by atoms with van der Waals surface area (Å²) in [6, 6.07) is 0. The van der Waals surface area contributed by atoms with Crippen LogP contribution in [-0.2, 0) is 9.53 Å². The highest BCUT2D eigenvalue weighted by Gasteiger charge is 1.87. The van der Waals surface area contributed by atoms with Crippen molar-refractivity contribution < 1.29 is 9.53 Å². The van der Waals surface area contributed by atoms with Crippen molar-refractivity contribution in [3.63, 3.8) is 0 Å². The number of nitrogens with one attached hydrogen (secondary N) is 1. The van der Waals surface area contributed by atoms with Crippen molar-refractivity contribution >= 4 is 5.97 Å². The molecule has 0 fully saturated rings. The third-order valence-corrected chi connectivity index (χ3v) is 0.967. The van der Waals surface area contributed by atoms with Crippen molar-refractivity contribution in [1.29, 1.82) is 0 Å².